The van der Waals surface area contributed by atoms with Crippen molar-refractivity contribution < 1.29 is 9.59 Å². The molecular weight excluding hydrogens is 352 g/mol. The fourth-order valence-electron chi connectivity index (χ4n) is 3.25. The molecule has 0 spiro atoms. The lowest BCUT2D eigenvalue weighted by Gasteiger charge is -2.28. The molecule has 1 aliphatic rings. The van der Waals surface area contributed by atoms with Crippen LogP contribution in [0.4, 0.5) is 0 Å². The summed E-state index contributed by atoms with van der Waals surface area (Å²) in [6.07, 6.45) is 0.487. The Morgan fingerprint density at radius 1 is 1.31 bits per heavy atom. The number of likely N-dealkylation sites (N-methyl/N-ethyl adjacent to an activating group) is 1. The second-order valence-electron chi connectivity index (χ2n) is 6.43. The number of carbonyl (C=O) groups excluding carboxylic acids is 2. The van der Waals surface area contributed by atoms with Gasteiger partial charge in [-0.1, -0.05) is 29.8 Å². The summed E-state index contributed by atoms with van der Waals surface area (Å²) in [5, 5.41) is 3.42. The summed E-state index contributed by atoms with van der Waals surface area (Å²) < 4.78 is 0. The van der Waals surface area contributed by atoms with E-state index in [0.29, 0.717) is 29.4 Å². The van der Waals surface area contributed by atoms with E-state index in [1.807, 2.05) is 24.3 Å². The van der Waals surface area contributed by atoms with Gasteiger partial charge in [0, 0.05) is 24.1 Å². The molecule has 26 heavy (non-hydrogen) atoms. The Balaban J connectivity index is 1.50. The van der Waals surface area contributed by atoms with Crippen LogP contribution >= 0.6 is 11.6 Å². The van der Waals surface area contributed by atoms with Gasteiger partial charge < -0.3 is 15.2 Å². The van der Waals surface area contributed by atoms with E-state index in [0.717, 1.165) is 16.6 Å². The monoisotopic (exact) mass is 368 g/mol. The summed E-state index contributed by atoms with van der Waals surface area (Å²) in [6.45, 7) is 0.319. The third-order valence-corrected chi connectivity index (χ3v) is 4.78. The average Bonchev–Trinajstić information content (AvgIpc) is 3.02. The Morgan fingerprint density at radius 3 is 2.96 bits per heavy atom. The summed E-state index contributed by atoms with van der Waals surface area (Å²) in [7, 11) is 1.70. The number of aromatic amines is 1. The molecule has 2 aromatic carbocycles. The largest absolute Gasteiger partial charge is 0.340 e. The van der Waals surface area contributed by atoms with Crippen LogP contribution in [0.15, 0.2) is 42.5 Å². The molecule has 1 aliphatic heterocycles. The van der Waals surface area contributed by atoms with Gasteiger partial charge in [-0.05, 0) is 29.8 Å². The van der Waals surface area contributed by atoms with Gasteiger partial charge in [0.25, 0.3) is 5.91 Å². The van der Waals surface area contributed by atoms with Gasteiger partial charge in [0.1, 0.15) is 11.9 Å². The molecule has 3 aromatic rings. The second-order valence-corrected chi connectivity index (χ2v) is 6.86. The first kappa shape index (κ1) is 16.6. The van der Waals surface area contributed by atoms with Crippen molar-refractivity contribution in [1.82, 2.24) is 20.2 Å². The number of benzene rings is 2. The van der Waals surface area contributed by atoms with E-state index >= 15 is 0 Å². The number of hydrogen-bond donors (Lipinski definition) is 2. The highest BCUT2D eigenvalue weighted by Gasteiger charge is 2.30. The van der Waals surface area contributed by atoms with Crippen LogP contribution < -0.4 is 5.32 Å². The van der Waals surface area contributed by atoms with Gasteiger partial charge in [0.2, 0.25) is 5.91 Å². The maximum atomic E-state index is 12.8. The lowest BCUT2D eigenvalue weighted by Crippen LogP contribution is -2.51. The molecule has 7 heteroatoms. The first-order valence-corrected chi connectivity index (χ1v) is 8.67. The Labute approximate surface area is 155 Å². The molecule has 1 unspecified atom stereocenters. The molecule has 1 atom stereocenters. The van der Waals surface area contributed by atoms with Crippen LogP contribution in [0.3, 0.4) is 0 Å². The quantitative estimate of drug-likeness (QED) is 0.745. The zero-order valence-corrected chi connectivity index (χ0v) is 14.9. The van der Waals surface area contributed by atoms with Crippen molar-refractivity contribution >= 4 is 34.4 Å². The van der Waals surface area contributed by atoms with Crippen molar-refractivity contribution in [2.75, 3.05) is 7.05 Å². The van der Waals surface area contributed by atoms with Gasteiger partial charge in [0.15, 0.2) is 0 Å². The van der Waals surface area contributed by atoms with E-state index in [2.05, 4.69) is 15.3 Å². The fraction of sp³-hybridized carbons (Fsp3) is 0.211. The Hall–Kier alpha value is -2.86. The van der Waals surface area contributed by atoms with Crippen LogP contribution in [0.1, 0.15) is 21.7 Å². The Kier molecular flexibility index (Phi) is 4.12. The first-order valence-electron chi connectivity index (χ1n) is 8.29. The van der Waals surface area contributed by atoms with Gasteiger partial charge in [0.05, 0.1) is 17.6 Å². The van der Waals surface area contributed by atoms with E-state index in [-0.39, 0.29) is 11.8 Å². The van der Waals surface area contributed by atoms with Crippen LogP contribution in [0.25, 0.3) is 11.0 Å². The lowest BCUT2D eigenvalue weighted by atomic mass is 9.94. The molecule has 0 aliphatic carbocycles. The number of rotatable bonds is 3. The lowest BCUT2D eigenvalue weighted by molar-refractivity contribution is -0.132. The van der Waals surface area contributed by atoms with Crippen molar-refractivity contribution in [3.63, 3.8) is 0 Å². The summed E-state index contributed by atoms with van der Waals surface area (Å²) in [6, 6.07) is 12.2. The Bertz CT molecular complexity index is 1010. The average molecular weight is 369 g/mol. The SMILES string of the molecule is CN(Cc1nc2ccc(Cl)cc2[nH]1)C(=O)C1Cc2ccccc2C(=O)N1. The minimum absolute atomic E-state index is 0.147. The molecule has 0 bridgehead atoms. The number of halogens is 1. The van der Waals surface area contributed by atoms with Crippen LogP contribution in [0.2, 0.25) is 5.02 Å². The highest BCUT2D eigenvalue weighted by molar-refractivity contribution is 6.31. The number of nitrogens with zero attached hydrogens (tertiary/aromatic N) is 2. The van der Waals surface area contributed by atoms with Gasteiger partial charge in [-0.25, -0.2) is 4.98 Å². The first-order chi connectivity index (χ1) is 12.5. The van der Waals surface area contributed by atoms with Crippen LogP contribution in [-0.2, 0) is 17.8 Å². The second kappa shape index (κ2) is 6.46. The van der Waals surface area contributed by atoms with E-state index < -0.39 is 6.04 Å². The van der Waals surface area contributed by atoms with Crippen LogP contribution in [0, 0.1) is 0 Å². The minimum atomic E-state index is -0.568. The van der Waals surface area contributed by atoms with E-state index in [1.165, 1.54) is 0 Å². The predicted molar refractivity (Wildman–Crippen MR) is 99.0 cm³/mol. The van der Waals surface area contributed by atoms with Crippen molar-refractivity contribution in [2.24, 2.45) is 0 Å². The van der Waals surface area contributed by atoms with Crippen LogP contribution in [0.5, 0.6) is 0 Å². The van der Waals surface area contributed by atoms with Gasteiger partial charge in [-0.15, -0.1) is 0 Å². The number of aromatic nitrogens is 2. The molecule has 0 saturated heterocycles. The molecular formula is C19H17ClN4O2. The molecule has 0 saturated carbocycles. The normalized spacial score (nSPS) is 16.2. The number of hydrogen-bond acceptors (Lipinski definition) is 3. The molecule has 6 nitrogen and oxygen atoms in total. The van der Waals surface area contributed by atoms with Crippen molar-refractivity contribution in [3.8, 4) is 0 Å². The molecule has 2 amide bonds. The van der Waals surface area contributed by atoms with Gasteiger partial charge in [-0.3, -0.25) is 9.59 Å². The van der Waals surface area contributed by atoms with Crippen molar-refractivity contribution in [3.05, 3.63) is 64.4 Å². The number of amides is 2. The van der Waals surface area contributed by atoms with E-state index in [4.69, 9.17) is 11.6 Å². The van der Waals surface area contributed by atoms with Gasteiger partial charge >= 0.3 is 0 Å². The van der Waals surface area contributed by atoms with Crippen molar-refractivity contribution in [2.45, 2.75) is 19.0 Å². The zero-order chi connectivity index (χ0) is 18.3. The maximum absolute atomic E-state index is 12.8. The zero-order valence-electron chi connectivity index (χ0n) is 14.1. The summed E-state index contributed by atoms with van der Waals surface area (Å²) in [5.41, 5.74) is 3.15. The highest BCUT2D eigenvalue weighted by atomic mass is 35.5. The summed E-state index contributed by atoms with van der Waals surface area (Å²) in [5.74, 6) is 0.309. The standard InChI is InChI=1S/C19H17ClN4O2/c1-24(10-17-21-14-7-6-12(20)9-15(14)22-17)19(26)16-8-11-4-2-3-5-13(11)18(25)23-16/h2-7,9,16H,8,10H2,1H3,(H,21,22)(H,23,25). The van der Waals surface area contributed by atoms with Crippen LogP contribution in [-0.4, -0.2) is 39.8 Å². The smallest absolute Gasteiger partial charge is 0.252 e. The topological polar surface area (TPSA) is 78.1 Å². The minimum Gasteiger partial charge on any atom is -0.340 e. The molecule has 2 heterocycles. The molecule has 132 valence electrons. The third-order valence-electron chi connectivity index (χ3n) is 4.55. The number of H-pyrrole nitrogens is 1. The number of carbonyl (C=O) groups is 2. The maximum Gasteiger partial charge on any atom is 0.252 e. The third kappa shape index (κ3) is 3.04. The summed E-state index contributed by atoms with van der Waals surface area (Å²) >= 11 is 5.99. The fourth-order valence-corrected chi connectivity index (χ4v) is 3.43. The van der Waals surface area contributed by atoms with E-state index in [1.54, 1.807) is 30.1 Å². The molecule has 0 radical (unpaired) electrons. The van der Waals surface area contributed by atoms with Gasteiger partial charge in [-0.2, -0.15) is 0 Å². The number of nitrogens with one attached hydrogen (secondary N) is 2. The number of imidazole rings is 1. The summed E-state index contributed by atoms with van der Waals surface area (Å²) in [4.78, 5) is 34.2. The molecule has 0 fully saturated rings. The molecule has 4 rings (SSSR count). The predicted octanol–water partition coefficient (Wildman–Crippen LogP) is 2.53. The molecule has 1 aromatic heterocycles. The highest BCUT2D eigenvalue weighted by Crippen LogP contribution is 2.19. The molecule has 2 N–H and O–H groups in total. The Morgan fingerprint density at radius 2 is 2.12 bits per heavy atom. The number of fused-ring (bicyclic) bond motifs is 2. The van der Waals surface area contributed by atoms with Crippen molar-refractivity contribution in [1.29, 1.82) is 0 Å². The van der Waals surface area contributed by atoms with E-state index in [9.17, 15) is 9.59 Å².